The van der Waals surface area contributed by atoms with Crippen LogP contribution in [0.4, 0.5) is 13.2 Å². The van der Waals surface area contributed by atoms with Gasteiger partial charge in [0.1, 0.15) is 18.2 Å². The van der Waals surface area contributed by atoms with Crippen LogP contribution in [-0.2, 0) is 32.2 Å². The molecule has 6 nitrogen and oxygen atoms in total. The van der Waals surface area contributed by atoms with Crippen LogP contribution in [0.25, 0.3) is 11.1 Å². The van der Waals surface area contributed by atoms with Gasteiger partial charge in [-0.1, -0.05) is 80.8 Å². The van der Waals surface area contributed by atoms with E-state index in [1.54, 1.807) is 25.1 Å². The van der Waals surface area contributed by atoms with Gasteiger partial charge in [0.05, 0.1) is 34.0 Å². The number of nitrogens with zero attached hydrogens (tertiary/aromatic N) is 2. The largest absolute Gasteiger partial charge is 0.489 e. The number of carboxylic acid groups (broad SMARTS) is 1. The number of carboxylic acids is 1. The zero-order valence-electron chi connectivity index (χ0n) is 24.8. The van der Waals surface area contributed by atoms with E-state index >= 15 is 0 Å². The highest BCUT2D eigenvalue weighted by atomic mass is 35.5. The van der Waals surface area contributed by atoms with Gasteiger partial charge in [0, 0.05) is 17.5 Å². The quantitative estimate of drug-likeness (QED) is 0.170. The first kappa shape index (κ1) is 32.8. The molecule has 0 aliphatic rings. The van der Waals surface area contributed by atoms with Gasteiger partial charge in [-0.3, -0.25) is 9.36 Å². The molecule has 0 unspecified atom stereocenters. The molecule has 1 aromatic heterocycles. The van der Waals surface area contributed by atoms with Crippen molar-refractivity contribution in [2.24, 2.45) is 0 Å². The monoisotopic (exact) mass is 626 g/mol. The number of carbonyl (C=O) groups is 1. The normalized spacial score (nSPS) is 11.5. The molecule has 1 heterocycles. The number of aromatic carboxylic acids is 1. The number of benzene rings is 3. The fourth-order valence-electron chi connectivity index (χ4n) is 5.20. The lowest BCUT2D eigenvalue weighted by Gasteiger charge is -2.19. The predicted octanol–water partition coefficient (Wildman–Crippen LogP) is 8.51. The Hall–Kier alpha value is -4.11. The third-order valence-electron chi connectivity index (χ3n) is 7.36. The van der Waals surface area contributed by atoms with Gasteiger partial charge >= 0.3 is 12.1 Å². The van der Waals surface area contributed by atoms with Crippen LogP contribution in [0.3, 0.4) is 0 Å². The molecule has 0 spiro atoms. The van der Waals surface area contributed by atoms with Gasteiger partial charge < -0.3 is 9.84 Å². The van der Waals surface area contributed by atoms with E-state index in [1.807, 2.05) is 26.0 Å². The van der Waals surface area contributed by atoms with Crippen molar-refractivity contribution >= 4 is 17.6 Å². The number of unbranched alkanes of at least 4 members (excludes halogenated alkanes) is 1. The minimum Gasteiger partial charge on any atom is -0.489 e. The summed E-state index contributed by atoms with van der Waals surface area (Å²) >= 11 is 6.29. The number of hydrogen-bond acceptors (Lipinski definition) is 4. The summed E-state index contributed by atoms with van der Waals surface area (Å²) in [5, 5.41) is 9.48. The maximum atomic E-state index is 14.0. The summed E-state index contributed by atoms with van der Waals surface area (Å²) in [6.07, 6.45) is -1.02. The molecule has 1 N–H and O–H groups in total. The summed E-state index contributed by atoms with van der Waals surface area (Å²) in [7, 11) is 0. The second-order valence-corrected chi connectivity index (χ2v) is 11.0. The van der Waals surface area contributed by atoms with E-state index in [4.69, 9.17) is 16.3 Å². The van der Waals surface area contributed by atoms with E-state index in [0.717, 1.165) is 36.5 Å². The van der Waals surface area contributed by atoms with Crippen molar-refractivity contribution in [3.05, 3.63) is 115 Å². The maximum absolute atomic E-state index is 14.0. The number of aryl methyl sites for hydroxylation is 3. The lowest BCUT2D eigenvalue weighted by atomic mass is 9.98. The topological polar surface area (TPSA) is 81.4 Å². The van der Waals surface area contributed by atoms with Crippen LogP contribution in [-0.4, -0.2) is 20.6 Å². The van der Waals surface area contributed by atoms with Crippen LogP contribution < -0.4 is 10.3 Å². The standard InChI is InChI=1S/C34H34ClF3N2O4/c1-4-6-15-29-39-21(3)30(25-12-7-8-14-27(25)34(36,37)38)32(41)40(29)19-22-16-17-28(23(18-22)10-5-2)44-20-24-11-9-13-26(31(24)35)33(42)43/h7-9,11-14,16-18H,4-6,10,15,19-20H2,1-3H3,(H,42,43). The smallest absolute Gasteiger partial charge is 0.417 e. The van der Waals surface area contributed by atoms with Gasteiger partial charge in [-0.2, -0.15) is 13.2 Å². The number of rotatable bonds is 12. The number of ether oxygens (including phenoxy) is 1. The molecule has 4 aromatic rings. The minimum atomic E-state index is -4.63. The lowest BCUT2D eigenvalue weighted by Crippen LogP contribution is -2.29. The minimum absolute atomic E-state index is 0.00912. The average Bonchev–Trinajstić information content (AvgIpc) is 2.97. The van der Waals surface area contributed by atoms with Crippen LogP contribution in [0, 0.1) is 6.92 Å². The Morgan fingerprint density at radius 3 is 2.43 bits per heavy atom. The van der Waals surface area contributed by atoms with Crippen LogP contribution in [0.5, 0.6) is 5.75 Å². The zero-order valence-corrected chi connectivity index (χ0v) is 25.6. The second kappa shape index (κ2) is 14.1. The van der Waals surface area contributed by atoms with Crippen molar-refractivity contribution in [2.45, 2.75) is 72.2 Å². The van der Waals surface area contributed by atoms with Gasteiger partial charge in [0.2, 0.25) is 0 Å². The van der Waals surface area contributed by atoms with Crippen LogP contribution >= 0.6 is 11.6 Å². The highest BCUT2D eigenvalue weighted by Gasteiger charge is 2.34. The van der Waals surface area contributed by atoms with E-state index < -0.39 is 23.3 Å². The Bertz CT molecular complexity index is 1720. The van der Waals surface area contributed by atoms with Gasteiger partial charge in [-0.05, 0) is 49.1 Å². The van der Waals surface area contributed by atoms with E-state index in [2.05, 4.69) is 4.98 Å². The van der Waals surface area contributed by atoms with Crippen LogP contribution in [0.1, 0.15) is 77.2 Å². The Kier molecular flexibility index (Phi) is 10.5. The molecule has 0 aliphatic carbocycles. The molecule has 0 radical (unpaired) electrons. The molecule has 0 saturated heterocycles. The van der Waals surface area contributed by atoms with Gasteiger partial charge in [-0.25, -0.2) is 9.78 Å². The molecule has 0 fully saturated rings. The molecule has 0 aliphatic heterocycles. The Balaban J connectivity index is 1.73. The highest BCUT2D eigenvalue weighted by molar-refractivity contribution is 6.34. The van der Waals surface area contributed by atoms with Crippen molar-refractivity contribution in [1.82, 2.24) is 9.55 Å². The van der Waals surface area contributed by atoms with E-state index in [9.17, 15) is 27.9 Å². The number of alkyl halides is 3. The first-order chi connectivity index (χ1) is 21.0. The lowest BCUT2D eigenvalue weighted by molar-refractivity contribution is -0.137. The fraction of sp³-hybridized carbons (Fsp3) is 0.324. The highest BCUT2D eigenvalue weighted by Crippen LogP contribution is 2.37. The third kappa shape index (κ3) is 7.33. The van der Waals surface area contributed by atoms with E-state index in [1.165, 1.54) is 28.8 Å². The average molecular weight is 627 g/mol. The maximum Gasteiger partial charge on any atom is 0.417 e. The van der Waals surface area contributed by atoms with Crippen molar-refractivity contribution < 1.29 is 27.8 Å². The molecule has 10 heteroatoms. The molecular formula is C34H34ClF3N2O4. The molecular weight excluding hydrogens is 593 g/mol. The second-order valence-electron chi connectivity index (χ2n) is 10.6. The van der Waals surface area contributed by atoms with E-state index in [-0.39, 0.29) is 40.6 Å². The first-order valence-corrected chi connectivity index (χ1v) is 14.9. The fourth-order valence-corrected chi connectivity index (χ4v) is 5.46. The van der Waals surface area contributed by atoms with Crippen molar-refractivity contribution in [3.8, 4) is 16.9 Å². The van der Waals surface area contributed by atoms with Gasteiger partial charge in [0.15, 0.2) is 0 Å². The Morgan fingerprint density at radius 1 is 1.00 bits per heavy atom. The van der Waals surface area contributed by atoms with Crippen LogP contribution in [0.2, 0.25) is 5.02 Å². The SMILES string of the molecule is CCCCc1nc(C)c(-c2ccccc2C(F)(F)F)c(=O)n1Cc1ccc(OCc2cccc(C(=O)O)c2Cl)c(CCC)c1. The van der Waals surface area contributed by atoms with Crippen molar-refractivity contribution in [1.29, 1.82) is 0 Å². The molecule has 0 bridgehead atoms. The molecule has 3 aromatic carbocycles. The number of aromatic nitrogens is 2. The summed E-state index contributed by atoms with van der Waals surface area (Å²) in [5.41, 5.74) is 0.775. The molecule has 0 atom stereocenters. The summed E-state index contributed by atoms with van der Waals surface area (Å²) < 4.78 is 49.3. The summed E-state index contributed by atoms with van der Waals surface area (Å²) in [6, 6.07) is 15.3. The number of hydrogen-bond donors (Lipinski definition) is 1. The Morgan fingerprint density at radius 2 is 1.75 bits per heavy atom. The predicted molar refractivity (Wildman–Crippen MR) is 165 cm³/mol. The molecule has 0 amide bonds. The summed E-state index contributed by atoms with van der Waals surface area (Å²) in [4.78, 5) is 30.1. The van der Waals surface area contributed by atoms with E-state index in [0.29, 0.717) is 30.0 Å². The number of halogens is 4. The first-order valence-electron chi connectivity index (χ1n) is 14.5. The summed E-state index contributed by atoms with van der Waals surface area (Å²) in [6.45, 7) is 5.79. The third-order valence-corrected chi connectivity index (χ3v) is 7.81. The van der Waals surface area contributed by atoms with Crippen molar-refractivity contribution in [3.63, 3.8) is 0 Å². The van der Waals surface area contributed by atoms with Gasteiger partial charge in [0.25, 0.3) is 5.56 Å². The Labute approximate surface area is 259 Å². The molecule has 44 heavy (non-hydrogen) atoms. The molecule has 4 rings (SSSR count). The van der Waals surface area contributed by atoms with Crippen LogP contribution in [0.15, 0.2) is 65.5 Å². The summed E-state index contributed by atoms with van der Waals surface area (Å²) in [5.74, 6) is -0.0160. The zero-order chi connectivity index (χ0) is 32.0. The van der Waals surface area contributed by atoms with Gasteiger partial charge in [-0.15, -0.1) is 0 Å². The molecule has 0 saturated carbocycles. The molecule has 232 valence electrons. The van der Waals surface area contributed by atoms with Crippen molar-refractivity contribution in [2.75, 3.05) is 0 Å².